The lowest BCUT2D eigenvalue weighted by Gasteiger charge is -2.36. The molecule has 4 rings (SSSR count). The second-order valence-corrected chi connectivity index (χ2v) is 8.55. The van der Waals surface area contributed by atoms with Crippen LogP contribution in [0.5, 0.6) is 5.75 Å². The quantitative estimate of drug-likeness (QED) is 0.521. The van der Waals surface area contributed by atoms with Gasteiger partial charge in [-0.05, 0) is 62.7 Å². The van der Waals surface area contributed by atoms with Crippen LogP contribution in [-0.4, -0.2) is 61.2 Å². The third-order valence-corrected chi connectivity index (χ3v) is 6.40. The molecular weight excluding hydrogens is 430 g/mol. The van der Waals surface area contributed by atoms with E-state index in [9.17, 15) is 9.59 Å². The van der Waals surface area contributed by atoms with Crippen LogP contribution < -0.4 is 9.64 Å². The number of anilines is 1. The summed E-state index contributed by atoms with van der Waals surface area (Å²) in [5, 5.41) is 0. The Morgan fingerprint density at radius 3 is 2.24 bits per heavy atom. The first-order valence-electron chi connectivity index (χ1n) is 11.5. The Kier molecular flexibility index (Phi) is 6.91. The fourth-order valence-corrected chi connectivity index (χ4v) is 4.46. The fourth-order valence-electron chi connectivity index (χ4n) is 4.46. The molecule has 0 spiro atoms. The van der Waals surface area contributed by atoms with Crippen LogP contribution in [0.4, 0.5) is 5.69 Å². The van der Waals surface area contributed by atoms with Gasteiger partial charge in [-0.15, -0.1) is 0 Å². The van der Waals surface area contributed by atoms with Crippen molar-refractivity contribution in [3.63, 3.8) is 0 Å². The maximum absolute atomic E-state index is 12.8. The first kappa shape index (κ1) is 23.4. The van der Waals surface area contributed by atoms with Crippen molar-refractivity contribution in [3.05, 3.63) is 77.1 Å². The number of ether oxygens (including phenoxy) is 2. The van der Waals surface area contributed by atoms with E-state index in [1.807, 2.05) is 79.9 Å². The van der Waals surface area contributed by atoms with Gasteiger partial charge >= 0.3 is 5.97 Å². The Morgan fingerprint density at radius 1 is 0.912 bits per heavy atom. The van der Waals surface area contributed by atoms with E-state index >= 15 is 0 Å². The molecule has 0 aliphatic carbocycles. The molecule has 1 aliphatic rings. The summed E-state index contributed by atoms with van der Waals surface area (Å²) in [6, 6.07) is 17.8. The highest BCUT2D eigenvalue weighted by Gasteiger charge is 2.24. The van der Waals surface area contributed by atoms with E-state index in [4.69, 9.17) is 9.47 Å². The Balaban J connectivity index is 1.33. The van der Waals surface area contributed by atoms with E-state index in [1.165, 1.54) is 0 Å². The molecule has 34 heavy (non-hydrogen) atoms. The third-order valence-electron chi connectivity index (χ3n) is 6.40. The zero-order valence-electron chi connectivity index (χ0n) is 20.2. The number of para-hydroxylation sites is 1. The van der Waals surface area contributed by atoms with Gasteiger partial charge in [-0.2, -0.15) is 0 Å². The van der Waals surface area contributed by atoms with Gasteiger partial charge < -0.3 is 23.8 Å². The number of hydrogen-bond donors (Lipinski definition) is 0. The number of methoxy groups -OCH3 is 1. The molecule has 0 atom stereocenters. The number of nitrogens with zero attached hydrogens (tertiary/aromatic N) is 3. The second kappa shape index (κ2) is 10.0. The van der Waals surface area contributed by atoms with Gasteiger partial charge in [0, 0.05) is 48.9 Å². The second-order valence-electron chi connectivity index (χ2n) is 8.55. The predicted molar refractivity (Wildman–Crippen MR) is 132 cm³/mol. The average molecular weight is 462 g/mol. The van der Waals surface area contributed by atoms with Crippen molar-refractivity contribution < 1.29 is 19.1 Å². The zero-order valence-corrected chi connectivity index (χ0v) is 20.2. The van der Waals surface area contributed by atoms with Crippen LogP contribution in [0.1, 0.15) is 27.3 Å². The minimum Gasteiger partial charge on any atom is -0.497 e. The molecule has 2 aromatic carbocycles. The zero-order chi connectivity index (χ0) is 24.2. The Hall–Kier alpha value is -3.74. The summed E-state index contributed by atoms with van der Waals surface area (Å²) in [7, 11) is 1.65. The van der Waals surface area contributed by atoms with Crippen LogP contribution in [0.3, 0.4) is 0 Å². The van der Waals surface area contributed by atoms with Gasteiger partial charge in [-0.3, -0.25) is 4.79 Å². The van der Waals surface area contributed by atoms with Crippen molar-refractivity contribution in [2.45, 2.75) is 20.8 Å². The predicted octanol–water partition coefficient (Wildman–Crippen LogP) is 3.92. The van der Waals surface area contributed by atoms with Gasteiger partial charge in [-0.25, -0.2) is 4.79 Å². The molecule has 2 heterocycles. The molecule has 1 saturated heterocycles. The number of benzene rings is 2. The van der Waals surface area contributed by atoms with Crippen LogP contribution in [0.15, 0.2) is 54.6 Å². The summed E-state index contributed by atoms with van der Waals surface area (Å²) >= 11 is 0. The summed E-state index contributed by atoms with van der Waals surface area (Å²) in [4.78, 5) is 29.5. The van der Waals surface area contributed by atoms with Crippen molar-refractivity contribution in [2.24, 2.45) is 0 Å². The van der Waals surface area contributed by atoms with Gasteiger partial charge in [0.05, 0.1) is 12.7 Å². The minimum atomic E-state index is -0.474. The summed E-state index contributed by atoms with van der Waals surface area (Å²) in [6.07, 6.45) is 0. The molecule has 0 N–H and O–H groups in total. The van der Waals surface area contributed by atoms with Crippen molar-refractivity contribution in [1.82, 2.24) is 9.47 Å². The lowest BCUT2D eigenvalue weighted by Crippen LogP contribution is -2.49. The van der Waals surface area contributed by atoms with Crippen LogP contribution in [-0.2, 0) is 9.53 Å². The Bertz CT molecular complexity index is 1180. The van der Waals surface area contributed by atoms with Gasteiger partial charge in [-0.1, -0.05) is 18.2 Å². The van der Waals surface area contributed by atoms with E-state index < -0.39 is 5.97 Å². The monoisotopic (exact) mass is 461 g/mol. The molecule has 3 aromatic rings. The van der Waals surface area contributed by atoms with Crippen LogP contribution in [0.2, 0.25) is 0 Å². The Labute approximate surface area is 200 Å². The number of amides is 1. The number of aromatic nitrogens is 1. The highest BCUT2D eigenvalue weighted by atomic mass is 16.5. The molecule has 1 fully saturated rings. The van der Waals surface area contributed by atoms with Gasteiger partial charge in [0.1, 0.15) is 5.75 Å². The first-order chi connectivity index (χ1) is 16.4. The van der Waals surface area contributed by atoms with Gasteiger partial charge in [0.2, 0.25) is 0 Å². The Morgan fingerprint density at radius 2 is 1.59 bits per heavy atom. The van der Waals surface area contributed by atoms with Crippen molar-refractivity contribution in [3.8, 4) is 11.4 Å². The molecule has 0 bridgehead atoms. The lowest BCUT2D eigenvalue weighted by atomic mass is 10.2. The molecule has 7 nitrogen and oxygen atoms in total. The SMILES string of the molecule is COc1ccc(N2CCN(C(=O)COC(=O)c3cc(C)n(-c4ccccc4C)c3C)CC2)cc1. The number of rotatable bonds is 6. The highest BCUT2D eigenvalue weighted by Crippen LogP contribution is 2.24. The smallest absolute Gasteiger partial charge is 0.340 e. The van der Waals surface area contributed by atoms with Crippen molar-refractivity contribution >= 4 is 17.6 Å². The summed E-state index contributed by atoms with van der Waals surface area (Å²) in [6.45, 7) is 8.27. The molecule has 1 aromatic heterocycles. The van der Waals surface area contributed by atoms with Crippen LogP contribution in [0, 0.1) is 20.8 Å². The minimum absolute atomic E-state index is 0.171. The first-order valence-corrected chi connectivity index (χ1v) is 11.5. The fraction of sp³-hybridized carbons (Fsp3) is 0.333. The maximum atomic E-state index is 12.8. The van der Waals surface area contributed by atoms with E-state index in [0.717, 1.165) is 47.2 Å². The average Bonchev–Trinajstić information content (AvgIpc) is 3.16. The molecular formula is C27H31N3O4. The molecule has 0 saturated carbocycles. The van der Waals surface area contributed by atoms with Gasteiger partial charge in [0.15, 0.2) is 6.61 Å². The van der Waals surface area contributed by atoms with E-state index in [0.29, 0.717) is 18.7 Å². The number of carbonyl (C=O) groups is 2. The van der Waals surface area contributed by atoms with E-state index in [-0.39, 0.29) is 12.5 Å². The summed E-state index contributed by atoms with van der Waals surface area (Å²) < 4.78 is 12.7. The largest absolute Gasteiger partial charge is 0.497 e. The van der Waals surface area contributed by atoms with Crippen LogP contribution in [0.25, 0.3) is 5.69 Å². The normalized spacial score (nSPS) is 13.6. The molecule has 178 valence electrons. The number of aryl methyl sites for hydroxylation is 2. The number of piperazine rings is 1. The van der Waals surface area contributed by atoms with E-state index in [1.54, 1.807) is 12.0 Å². The van der Waals surface area contributed by atoms with Gasteiger partial charge in [0.25, 0.3) is 5.91 Å². The van der Waals surface area contributed by atoms with E-state index in [2.05, 4.69) is 4.90 Å². The number of esters is 1. The molecule has 0 radical (unpaired) electrons. The standard InChI is InChI=1S/C27H31N3O4/c1-19-7-5-6-8-25(19)30-20(2)17-24(21(30)3)27(32)34-18-26(31)29-15-13-28(14-16-29)22-9-11-23(33-4)12-10-22/h5-12,17H,13-16,18H2,1-4H3. The summed E-state index contributed by atoms with van der Waals surface area (Å²) in [5.74, 6) is 0.174. The van der Waals surface area contributed by atoms with Crippen molar-refractivity contribution in [2.75, 3.05) is 44.8 Å². The topological polar surface area (TPSA) is 64.0 Å². The summed E-state index contributed by atoms with van der Waals surface area (Å²) in [5.41, 5.74) is 5.48. The molecule has 1 aliphatic heterocycles. The number of hydrogen-bond acceptors (Lipinski definition) is 5. The maximum Gasteiger partial charge on any atom is 0.340 e. The highest BCUT2D eigenvalue weighted by molar-refractivity contribution is 5.93. The third kappa shape index (κ3) is 4.78. The van der Waals surface area contributed by atoms with Crippen LogP contribution >= 0.6 is 0 Å². The van der Waals surface area contributed by atoms with Crippen molar-refractivity contribution in [1.29, 1.82) is 0 Å². The molecule has 7 heteroatoms. The number of carbonyl (C=O) groups excluding carboxylic acids is 2. The molecule has 1 amide bonds. The molecule has 0 unspecified atom stereocenters. The lowest BCUT2D eigenvalue weighted by molar-refractivity contribution is -0.134.